The first kappa shape index (κ1) is 28.2. The van der Waals surface area contributed by atoms with Crippen LogP contribution in [0.5, 0.6) is 5.75 Å². The third-order valence-electron chi connectivity index (χ3n) is 7.87. The molecule has 3 N–H and O–H groups in total. The maximum absolute atomic E-state index is 13.9. The zero-order valence-corrected chi connectivity index (χ0v) is 24.6. The second-order valence-corrected chi connectivity index (χ2v) is 10.9. The van der Waals surface area contributed by atoms with Gasteiger partial charge in [-0.25, -0.2) is 9.97 Å². The number of unbranched alkanes of at least 4 members (excludes halogenated alkanes) is 6. The highest BCUT2D eigenvalue weighted by Gasteiger charge is 2.25. The summed E-state index contributed by atoms with van der Waals surface area (Å²) in [4.78, 5) is 23.6. The van der Waals surface area contributed by atoms with Gasteiger partial charge in [-0.2, -0.15) is 0 Å². The average Bonchev–Trinajstić information content (AvgIpc) is 3.32. The first-order valence-electron chi connectivity index (χ1n) is 15.2. The van der Waals surface area contributed by atoms with Crippen LogP contribution >= 0.6 is 0 Å². The molecule has 0 atom stereocenters. The van der Waals surface area contributed by atoms with Crippen molar-refractivity contribution in [3.63, 3.8) is 0 Å². The van der Waals surface area contributed by atoms with Gasteiger partial charge in [0, 0.05) is 16.8 Å². The number of hydrogen-bond acceptors (Lipinski definition) is 5. The number of nitrogens with zero attached hydrogens (tertiary/aromatic N) is 3. The van der Waals surface area contributed by atoms with E-state index >= 15 is 0 Å². The van der Waals surface area contributed by atoms with Crippen LogP contribution in [0.15, 0.2) is 91.0 Å². The Bertz CT molecular complexity index is 1870. The summed E-state index contributed by atoms with van der Waals surface area (Å²) in [5.41, 5.74) is 10.9. The molecule has 218 valence electrons. The average molecular weight is 572 g/mol. The van der Waals surface area contributed by atoms with Gasteiger partial charge in [-0.15, -0.1) is 0 Å². The number of nitrogens with two attached hydrogens (primary N) is 1. The molecule has 2 aromatic heterocycles. The smallest absolute Gasteiger partial charge is 0.261 e. The molecule has 0 bridgehead atoms. The molecule has 0 unspecified atom stereocenters. The first-order chi connectivity index (χ1) is 21.1. The number of fused-ring (bicyclic) bond motifs is 3. The van der Waals surface area contributed by atoms with Crippen molar-refractivity contribution in [1.29, 1.82) is 0 Å². The number of aromatic nitrogens is 3. The Morgan fingerprint density at radius 2 is 1.47 bits per heavy atom. The third kappa shape index (κ3) is 6.02. The molecule has 0 saturated heterocycles. The summed E-state index contributed by atoms with van der Waals surface area (Å²) in [7, 11) is 0. The highest BCUT2D eigenvalue weighted by Crippen LogP contribution is 2.33. The Balaban J connectivity index is 1.29. The minimum atomic E-state index is -0.336. The number of nitrogens with one attached hydrogen (secondary N) is 1. The number of amides is 1. The Hall–Kier alpha value is -4.91. The van der Waals surface area contributed by atoms with Gasteiger partial charge in [-0.05, 0) is 54.3 Å². The highest BCUT2D eigenvalue weighted by molar-refractivity contribution is 6.18. The number of ether oxygens (including phenoxy) is 1. The zero-order chi connectivity index (χ0) is 29.6. The summed E-state index contributed by atoms with van der Waals surface area (Å²) < 4.78 is 7.81. The van der Waals surface area contributed by atoms with Crippen LogP contribution in [-0.2, 0) is 0 Å². The Morgan fingerprint density at radius 1 is 0.791 bits per heavy atom. The number of hydrogen-bond donors (Lipinski definition) is 2. The summed E-state index contributed by atoms with van der Waals surface area (Å²) in [6.45, 7) is 2.93. The number of benzene rings is 4. The van der Waals surface area contributed by atoms with Crippen molar-refractivity contribution in [2.75, 3.05) is 17.7 Å². The van der Waals surface area contributed by atoms with Gasteiger partial charge in [0.1, 0.15) is 22.6 Å². The standard InChI is InChI=1S/C36H37N5O2/c1-2-3-4-5-6-7-12-24-43-27-22-20-26(21-23-27)41-34(37)32(33-35(41)39-31-18-11-10-17-30(31)38-33)36(42)40-29-19-13-15-25-14-8-9-16-28(25)29/h8-11,13-23H,2-7,12,24,37H2,1H3,(H,40,42). The molecular formula is C36H37N5O2. The number of rotatable bonds is 12. The Morgan fingerprint density at radius 3 is 2.26 bits per heavy atom. The van der Waals surface area contributed by atoms with Gasteiger partial charge in [0.25, 0.3) is 5.91 Å². The van der Waals surface area contributed by atoms with Crippen LogP contribution in [0.2, 0.25) is 0 Å². The lowest BCUT2D eigenvalue weighted by atomic mass is 10.1. The van der Waals surface area contributed by atoms with Crippen molar-refractivity contribution >= 4 is 50.4 Å². The monoisotopic (exact) mass is 571 g/mol. The van der Waals surface area contributed by atoms with Gasteiger partial charge < -0.3 is 15.8 Å². The lowest BCUT2D eigenvalue weighted by molar-refractivity contribution is 0.102. The van der Waals surface area contributed by atoms with Crippen molar-refractivity contribution in [3.8, 4) is 11.4 Å². The quantitative estimate of drug-likeness (QED) is 0.143. The summed E-state index contributed by atoms with van der Waals surface area (Å²) in [6, 6.07) is 29.2. The van der Waals surface area contributed by atoms with Crippen LogP contribution < -0.4 is 15.8 Å². The molecule has 6 aromatic rings. The molecule has 0 aliphatic heterocycles. The molecule has 7 heteroatoms. The van der Waals surface area contributed by atoms with Gasteiger partial charge in [0.05, 0.1) is 17.6 Å². The van der Waals surface area contributed by atoms with E-state index in [9.17, 15) is 4.79 Å². The fourth-order valence-electron chi connectivity index (χ4n) is 5.61. The molecule has 2 heterocycles. The lowest BCUT2D eigenvalue weighted by Gasteiger charge is -2.11. The lowest BCUT2D eigenvalue weighted by Crippen LogP contribution is -2.14. The molecule has 4 aromatic carbocycles. The topological polar surface area (TPSA) is 95.1 Å². The van der Waals surface area contributed by atoms with Crippen molar-refractivity contribution < 1.29 is 9.53 Å². The second kappa shape index (κ2) is 12.9. The molecule has 0 aliphatic rings. The van der Waals surface area contributed by atoms with Gasteiger partial charge in [-0.1, -0.05) is 94.0 Å². The maximum atomic E-state index is 13.9. The van der Waals surface area contributed by atoms with Gasteiger partial charge in [0.15, 0.2) is 5.65 Å². The first-order valence-corrected chi connectivity index (χ1v) is 15.2. The van der Waals surface area contributed by atoms with E-state index in [4.69, 9.17) is 20.4 Å². The van der Waals surface area contributed by atoms with Gasteiger partial charge >= 0.3 is 0 Å². The third-order valence-corrected chi connectivity index (χ3v) is 7.87. The van der Waals surface area contributed by atoms with E-state index in [1.165, 1.54) is 38.5 Å². The minimum Gasteiger partial charge on any atom is -0.494 e. The molecule has 6 rings (SSSR count). The summed E-state index contributed by atoms with van der Waals surface area (Å²) in [5.74, 6) is 0.742. The van der Waals surface area contributed by atoms with Crippen molar-refractivity contribution in [1.82, 2.24) is 14.5 Å². The molecule has 0 saturated carbocycles. The van der Waals surface area contributed by atoms with Crippen molar-refractivity contribution in [2.45, 2.75) is 51.9 Å². The van der Waals surface area contributed by atoms with Crippen LogP contribution in [-0.4, -0.2) is 27.0 Å². The van der Waals surface area contributed by atoms with E-state index in [2.05, 4.69) is 12.2 Å². The van der Waals surface area contributed by atoms with E-state index in [0.717, 1.165) is 34.1 Å². The van der Waals surface area contributed by atoms with Gasteiger partial charge in [-0.3, -0.25) is 9.36 Å². The van der Waals surface area contributed by atoms with Crippen LogP contribution in [0.3, 0.4) is 0 Å². The summed E-state index contributed by atoms with van der Waals surface area (Å²) >= 11 is 0. The number of anilines is 2. The van der Waals surface area contributed by atoms with E-state index < -0.39 is 0 Å². The van der Waals surface area contributed by atoms with E-state index in [1.807, 2.05) is 91.0 Å². The SMILES string of the molecule is CCCCCCCCCOc1ccc(-n2c(N)c(C(=O)Nc3cccc4ccccc34)c3nc4ccccc4nc32)cc1. The minimum absolute atomic E-state index is 0.278. The molecule has 0 fully saturated rings. The van der Waals surface area contributed by atoms with Gasteiger partial charge in [0.2, 0.25) is 0 Å². The van der Waals surface area contributed by atoms with E-state index in [0.29, 0.717) is 34.5 Å². The zero-order valence-electron chi connectivity index (χ0n) is 24.6. The van der Waals surface area contributed by atoms with E-state index in [-0.39, 0.29) is 11.7 Å². The molecule has 1 amide bonds. The molecule has 7 nitrogen and oxygen atoms in total. The van der Waals surface area contributed by atoms with Crippen LogP contribution in [0.4, 0.5) is 11.5 Å². The number of carbonyl (C=O) groups is 1. The highest BCUT2D eigenvalue weighted by atomic mass is 16.5. The van der Waals surface area contributed by atoms with Crippen LogP contribution in [0, 0.1) is 0 Å². The van der Waals surface area contributed by atoms with E-state index in [1.54, 1.807) is 4.57 Å². The normalized spacial score (nSPS) is 11.4. The molecule has 0 radical (unpaired) electrons. The fourth-order valence-corrected chi connectivity index (χ4v) is 5.61. The second-order valence-electron chi connectivity index (χ2n) is 10.9. The number of para-hydroxylation sites is 2. The molecule has 0 aliphatic carbocycles. The predicted octanol–water partition coefficient (Wildman–Crippen LogP) is 8.69. The number of carbonyl (C=O) groups excluding carboxylic acids is 1. The summed E-state index contributed by atoms with van der Waals surface area (Å²) in [6.07, 6.45) is 8.70. The van der Waals surface area contributed by atoms with Crippen LogP contribution in [0.25, 0.3) is 38.7 Å². The van der Waals surface area contributed by atoms with Crippen molar-refractivity contribution in [2.24, 2.45) is 0 Å². The predicted molar refractivity (Wildman–Crippen MR) is 176 cm³/mol. The Kier molecular flexibility index (Phi) is 8.50. The number of nitrogen functional groups attached to an aromatic ring is 1. The largest absolute Gasteiger partial charge is 0.494 e. The fraction of sp³-hybridized carbons (Fsp3) is 0.250. The van der Waals surface area contributed by atoms with Crippen molar-refractivity contribution in [3.05, 3.63) is 96.6 Å². The van der Waals surface area contributed by atoms with Crippen LogP contribution in [0.1, 0.15) is 62.2 Å². The Labute approximate surface area is 251 Å². The molecular weight excluding hydrogens is 534 g/mol. The molecule has 0 spiro atoms. The maximum Gasteiger partial charge on any atom is 0.261 e. The summed E-state index contributed by atoms with van der Waals surface area (Å²) in [5, 5.41) is 5.07. The molecule has 43 heavy (non-hydrogen) atoms.